The summed E-state index contributed by atoms with van der Waals surface area (Å²) in [4.78, 5) is 19.1. The fourth-order valence-electron chi connectivity index (χ4n) is 7.41. The highest BCUT2D eigenvalue weighted by atomic mass is 15.1. The van der Waals surface area contributed by atoms with Gasteiger partial charge in [0.2, 0.25) is 0 Å². The molecular formula is C50H31N7. The number of fused-ring (bicyclic) bond motifs is 9. The van der Waals surface area contributed by atoms with Gasteiger partial charge in [0.15, 0.2) is 5.82 Å². The molecule has 12 rings (SSSR count). The van der Waals surface area contributed by atoms with Gasteiger partial charge >= 0.3 is 0 Å². The molecule has 0 unspecified atom stereocenters. The van der Waals surface area contributed by atoms with E-state index < -0.39 is 178 Å². The summed E-state index contributed by atoms with van der Waals surface area (Å²) in [7, 11) is 0. The van der Waals surface area contributed by atoms with Crippen LogP contribution in [0.15, 0.2) is 188 Å². The van der Waals surface area contributed by atoms with Crippen molar-refractivity contribution < 1.29 is 30.2 Å². The maximum absolute atomic E-state index is 9.97. The molecule has 0 spiro atoms. The third-order valence-electron chi connectivity index (χ3n) is 9.68. The number of hydrogen-bond donors (Lipinski definition) is 0. The van der Waals surface area contributed by atoms with Gasteiger partial charge < -0.3 is 0 Å². The van der Waals surface area contributed by atoms with Crippen molar-refractivity contribution >= 4 is 65.7 Å². The van der Waals surface area contributed by atoms with Crippen molar-refractivity contribution in [3.05, 3.63) is 188 Å². The van der Waals surface area contributed by atoms with Crippen molar-refractivity contribution in [1.82, 2.24) is 33.6 Å². The average molecular weight is 752 g/mol. The van der Waals surface area contributed by atoms with Crippen LogP contribution in [0.25, 0.3) is 106 Å². The van der Waals surface area contributed by atoms with Crippen LogP contribution in [0.4, 0.5) is 0 Å². The van der Waals surface area contributed by atoms with E-state index in [1.165, 1.54) is 45.8 Å². The SMILES string of the molecule is [2H]c1c(-c2c([2H])c([2H])c([2H])c([2H])c2[2H])nc(-c2cccc(-n3c4ncccc4c4c([2H])c([2H])c([2H])c([2H])c43)c2-n2c3ncccc3c3c([2H])c([2H])c([2H])c([2H])c32)nc1-n1c2c([2H])c([2H])c([2H])c([2H])c2c2c([2H])c([2H])c([2H])c([2H])c21. The first-order chi connectivity index (χ1) is 37.5. The van der Waals surface area contributed by atoms with Crippen molar-refractivity contribution in [1.29, 1.82) is 0 Å². The molecule has 0 amide bonds. The Morgan fingerprint density at radius 1 is 0.439 bits per heavy atom. The first-order valence-electron chi connectivity index (χ1n) is 28.3. The summed E-state index contributed by atoms with van der Waals surface area (Å²) in [5.74, 6) is -1.24. The van der Waals surface area contributed by atoms with E-state index in [9.17, 15) is 8.22 Å². The zero-order valence-electron chi connectivity index (χ0n) is 50.8. The van der Waals surface area contributed by atoms with Crippen LogP contribution in [0.5, 0.6) is 0 Å². The number of para-hydroxylation sites is 5. The maximum atomic E-state index is 9.97. The third kappa shape index (κ3) is 4.66. The van der Waals surface area contributed by atoms with E-state index in [1.54, 1.807) is 18.2 Å². The van der Waals surface area contributed by atoms with Crippen LogP contribution in [-0.4, -0.2) is 33.6 Å². The highest BCUT2D eigenvalue weighted by molar-refractivity contribution is 6.11. The van der Waals surface area contributed by atoms with Crippen LogP contribution in [-0.2, 0) is 0 Å². The Morgan fingerprint density at radius 2 is 0.947 bits per heavy atom. The van der Waals surface area contributed by atoms with Gasteiger partial charge in [-0.25, -0.2) is 19.9 Å². The minimum Gasteiger partial charge on any atom is -0.294 e. The van der Waals surface area contributed by atoms with E-state index in [0.717, 1.165) is 4.57 Å². The smallest absolute Gasteiger partial charge is 0.164 e. The van der Waals surface area contributed by atoms with Gasteiger partial charge in [-0.2, -0.15) is 0 Å². The van der Waals surface area contributed by atoms with E-state index in [0.29, 0.717) is 0 Å². The lowest BCUT2D eigenvalue weighted by molar-refractivity contribution is 1.03. The summed E-state index contributed by atoms with van der Waals surface area (Å²) in [6.07, 6.45) is 2.81. The van der Waals surface area contributed by atoms with Gasteiger partial charge in [0.1, 0.15) is 17.1 Å². The molecule has 0 bridgehead atoms. The Hall–Kier alpha value is -7.90. The standard InChI is InChI=1S/C50H31N7/c1-2-15-32(16-3-1)40-31-46(55-41-24-8-4-17-33(41)34-18-5-9-25-42(34)55)54-48(53-40)39-21-12-28-45(56-43-26-10-6-19-35(43)37-22-13-29-51-49(37)56)47(39)57-44-27-11-7-20-36(44)38-23-14-30-52-50(38)57/h1-31H/i1D,2D,3D,4D,5D,6D,7D,8D,9D,10D,11D,15D,16D,17D,18D,19D,20D,24D,25D,26D,27D,31D. The second-order valence-electron chi connectivity index (χ2n) is 12.7. The van der Waals surface area contributed by atoms with Crippen LogP contribution in [0.2, 0.25) is 0 Å². The van der Waals surface area contributed by atoms with Crippen LogP contribution in [0.1, 0.15) is 30.2 Å². The summed E-state index contributed by atoms with van der Waals surface area (Å²) in [5.41, 5.74) is -2.94. The summed E-state index contributed by atoms with van der Waals surface area (Å²) >= 11 is 0. The number of benzene rings is 6. The molecule has 266 valence electrons. The molecule has 0 radical (unpaired) electrons. The van der Waals surface area contributed by atoms with Crippen LogP contribution >= 0.6 is 0 Å². The molecule has 57 heavy (non-hydrogen) atoms. The number of rotatable bonds is 5. The molecule has 0 aliphatic carbocycles. The molecule has 0 N–H and O–H groups in total. The van der Waals surface area contributed by atoms with E-state index in [2.05, 4.69) is 4.98 Å². The number of pyridine rings is 2. The molecule has 0 aliphatic heterocycles. The van der Waals surface area contributed by atoms with Crippen LogP contribution < -0.4 is 0 Å². The molecule has 7 heteroatoms. The minimum absolute atomic E-state index is 0.00797. The summed E-state index contributed by atoms with van der Waals surface area (Å²) in [6.45, 7) is 0. The molecule has 6 heterocycles. The fourth-order valence-corrected chi connectivity index (χ4v) is 7.41. The minimum atomic E-state index is -0.867. The predicted octanol–water partition coefficient (Wildman–Crippen LogP) is 11.9. The maximum Gasteiger partial charge on any atom is 0.164 e. The molecule has 0 atom stereocenters. The number of nitrogens with zero attached hydrogens (tertiary/aromatic N) is 7. The fraction of sp³-hybridized carbons (Fsp3) is 0. The molecule has 0 aliphatic rings. The van der Waals surface area contributed by atoms with E-state index in [4.69, 9.17) is 36.9 Å². The first-order valence-corrected chi connectivity index (χ1v) is 17.3. The monoisotopic (exact) mass is 751 g/mol. The van der Waals surface area contributed by atoms with Crippen molar-refractivity contribution in [2.24, 2.45) is 0 Å². The molecule has 6 aromatic carbocycles. The lowest BCUT2D eigenvalue weighted by Crippen LogP contribution is -2.09. The summed E-state index contributed by atoms with van der Waals surface area (Å²) in [6, 6.07) is -5.14. The van der Waals surface area contributed by atoms with Gasteiger partial charge in [0.05, 0.1) is 69.3 Å². The van der Waals surface area contributed by atoms with Gasteiger partial charge in [-0.3, -0.25) is 13.7 Å². The molecule has 6 aromatic heterocycles. The summed E-state index contributed by atoms with van der Waals surface area (Å²) in [5, 5.41) is -0.349. The van der Waals surface area contributed by atoms with Crippen molar-refractivity contribution in [3.63, 3.8) is 0 Å². The first kappa shape index (κ1) is 16.9. The number of hydrogen-bond acceptors (Lipinski definition) is 4. The van der Waals surface area contributed by atoms with Gasteiger partial charge in [-0.05, 0) is 60.6 Å². The molecule has 7 nitrogen and oxygen atoms in total. The van der Waals surface area contributed by atoms with Crippen LogP contribution in [0, 0.1) is 0 Å². The van der Waals surface area contributed by atoms with Crippen LogP contribution in [0.3, 0.4) is 0 Å². The predicted molar refractivity (Wildman–Crippen MR) is 232 cm³/mol. The normalized spacial score (nSPS) is 17.3. The Bertz CT molecular complexity index is 4730. The average Bonchev–Trinajstić information content (AvgIpc) is 3.33. The Morgan fingerprint density at radius 3 is 1.56 bits per heavy atom. The van der Waals surface area contributed by atoms with E-state index in [1.807, 2.05) is 0 Å². The Balaban J connectivity index is 1.37. The topological polar surface area (TPSA) is 66.3 Å². The van der Waals surface area contributed by atoms with Crippen molar-refractivity contribution in [3.8, 4) is 39.8 Å². The molecule has 12 aromatic rings. The third-order valence-corrected chi connectivity index (χ3v) is 9.68. The van der Waals surface area contributed by atoms with E-state index in [-0.39, 0.29) is 60.8 Å². The highest BCUT2D eigenvalue weighted by Gasteiger charge is 2.25. The summed E-state index contributed by atoms with van der Waals surface area (Å²) < 4.78 is 202. The Kier molecular flexibility index (Phi) is 3.64. The molecule has 0 fully saturated rings. The zero-order valence-corrected chi connectivity index (χ0v) is 28.8. The Labute approximate surface area is 357 Å². The van der Waals surface area contributed by atoms with Crippen molar-refractivity contribution in [2.75, 3.05) is 0 Å². The second kappa shape index (κ2) is 12.3. The highest BCUT2D eigenvalue weighted by Crippen LogP contribution is 2.41. The molecule has 0 saturated heterocycles. The van der Waals surface area contributed by atoms with Crippen molar-refractivity contribution in [2.45, 2.75) is 0 Å². The molecular weight excluding hydrogens is 699 g/mol. The van der Waals surface area contributed by atoms with Gasteiger partial charge in [-0.1, -0.05) is 109 Å². The van der Waals surface area contributed by atoms with Gasteiger partial charge in [0.25, 0.3) is 0 Å². The zero-order chi connectivity index (χ0) is 56.6. The second-order valence-corrected chi connectivity index (χ2v) is 12.7. The van der Waals surface area contributed by atoms with Gasteiger partial charge in [-0.15, -0.1) is 0 Å². The largest absolute Gasteiger partial charge is 0.294 e. The lowest BCUT2D eigenvalue weighted by Gasteiger charge is -2.20. The quantitative estimate of drug-likeness (QED) is 0.176. The van der Waals surface area contributed by atoms with Gasteiger partial charge in [0, 0.05) is 61.9 Å². The molecule has 0 saturated carbocycles. The lowest BCUT2D eigenvalue weighted by atomic mass is 10.1. The van der Waals surface area contributed by atoms with E-state index >= 15 is 0 Å². The number of aromatic nitrogens is 7.